The number of anilines is 1. The molecule has 3 heterocycles. The van der Waals surface area contributed by atoms with E-state index in [2.05, 4.69) is 37.4 Å². The van der Waals surface area contributed by atoms with Gasteiger partial charge in [-0.05, 0) is 81.2 Å². The fraction of sp³-hybridized carbons (Fsp3) is 0.640. The first-order valence-corrected chi connectivity index (χ1v) is 12.1. The zero-order valence-corrected chi connectivity index (χ0v) is 18.8. The van der Waals surface area contributed by atoms with Crippen molar-refractivity contribution < 1.29 is 0 Å². The van der Waals surface area contributed by atoms with Crippen LogP contribution in [0.25, 0.3) is 11.3 Å². The molecular formula is C25H34N6. The lowest BCUT2D eigenvalue weighted by molar-refractivity contribution is 0.136. The van der Waals surface area contributed by atoms with Crippen LogP contribution >= 0.6 is 0 Å². The maximum absolute atomic E-state index is 4.61. The van der Waals surface area contributed by atoms with Crippen molar-refractivity contribution in [2.75, 3.05) is 31.5 Å². The highest BCUT2D eigenvalue weighted by Gasteiger charge is 2.54. The lowest BCUT2D eigenvalue weighted by Gasteiger charge is -2.35. The molecule has 1 N–H and O–H groups in total. The Morgan fingerprint density at radius 3 is 2.65 bits per heavy atom. The molecule has 4 atom stereocenters. The summed E-state index contributed by atoms with van der Waals surface area (Å²) in [6.45, 7) is 6.97. The second-order valence-corrected chi connectivity index (χ2v) is 10.6. The molecule has 1 saturated heterocycles. The summed E-state index contributed by atoms with van der Waals surface area (Å²) in [4.78, 5) is 12.0. The van der Waals surface area contributed by atoms with Gasteiger partial charge >= 0.3 is 0 Å². The number of aryl methyl sites for hydroxylation is 2. The predicted octanol–water partition coefficient (Wildman–Crippen LogP) is 3.91. The minimum atomic E-state index is 0.596. The Morgan fingerprint density at radius 2 is 2.00 bits per heavy atom. The molecule has 31 heavy (non-hydrogen) atoms. The van der Waals surface area contributed by atoms with Crippen LogP contribution in [0.3, 0.4) is 0 Å². The summed E-state index contributed by atoms with van der Waals surface area (Å²) in [6, 6.07) is 0. The molecule has 2 aromatic rings. The van der Waals surface area contributed by atoms with Gasteiger partial charge in [-0.2, -0.15) is 5.10 Å². The molecule has 1 aliphatic heterocycles. The van der Waals surface area contributed by atoms with Crippen LogP contribution in [-0.4, -0.2) is 50.8 Å². The Bertz CT molecular complexity index is 968. The quantitative estimate of drug-likeness (QED) is 0.721. The molecule has 1 spiro atoms. The van der Waals surface area contributed by atoms with Crippen molar-refractivity contribution in [3.8, 4) is 11.3 Å². The minimum absolute atomic E-state index is 0.596. The number of piperidine rings is 1. The van der Waals surface area contributed by atoms with Crippen LogP contribution in [0.2, 0.25) is 0 Å². The van der Waals surface area contributed by atoms with Crippen molar-refractivity contribution in [3.63, 3.8) is 0 Å². The van der Waals surface area contributed by atoms with Gasteiger partial charge in [0, 0.05) is 31.9 Å². The molecule has 2 aromatic heterocycles. The van der Waals surface area contributed by atoms with Crippen molar-refractivity contribution in [1.82, 2.24) is 24.6 Å². The Hall–Kier alpha value is -2.21. The third-order valence-corrected chi connectivity index (χ3v) is 8.59. The average molecular weight is 419 g/mol. The van der Waals surface area contributed by atoms with E-state index >= 15 is 0 Å². The van der Waals surface area contributed by atoms with Gasteiger partial charge in [0.05, 0.1) is 23.8 Å². The largest absolute Gasteiger partial charge is 0.368 e. The van der Waals surface area contributed by atoms with Gasteiger partial charge in [-0.25, -0.2) is 4.98 Å². The van der Waals surface area contributed by atoms with E-state index in [1.54, 1.807) is 0 Å². The highest BCUT2D eigenvalue weighted by molar-refractivity contribution is 5.60. The fourth-order valence-corrected chi connectivity index (χ4v) is 6.59. The normalized spacial score (nSPS) is 30.9. The highest BCUT2D eigenvalue weighted by atomic mass is 15.2. The van der Waals surface area contributed by atoms with E-state index < -0.39 is 0 Å². The second kappa shape index (κ2) is 7.44. The first-order chi connectivity index (χ1) is 15.1. The van der Waals surface area contributed by atoms with Crippen LogP contribution in [0.5, 0.6) is 0 Å². The van der Waals surface area contributed by atoms with Crippen molar-refractivity contribution in [3.05, 3.63) is 36.4 Å². The van der Waals surface area contributed by atoms with E-state index in [4.69, 9.17) is 0 Å². The molecule has 3 aliphatic carbocycles. The number of allylic oxidation sites excluding steroid dienone is 2. The fourth-order valence-electron chi connectivity index (χ4n) is 6.59. The van der Waals surface area contributed by atoms with E-state index in [9.17, 15) is 0 Å². The predicted molar refractivity (Wildman–Crippen MR) is 123 cm³/mol. The number of fused-ring (bicyclic) bond motifs is 2. The number of rotatable bonds is 6. The summed E-state index contributed by atoms with van der Waals surface area (Å²) in [5, 5.41) is 7.95. The molecule has 0 amide bonds. The van der Waals surface area contributed by atoms with Crippen molar-refractivity contribution >= 4 is 5.82 Å². The molecule has 4 unspecified atom stereocenters. The van der Waals surface area contributed by atoms with Crippen LogP contribution in [-0.2, 0) is 7.05 Å². The van der Waals surface area contributed by atoms with Crippen LogP contribution < -0.4 is 5.32 Å². The number of nitrogens with one attached hydrogen (secondary N) is 1. The molecule has 6 rings (SSSR count). The first kappa shape index (κ1) is 19.5. The Labute approximate surface area is 185 Å². The molecule has 0 aromatic carbocycles. The summed E-state index contributed by atoms with van der Waals surface area (Å²) in [5.41, 5.74) is 3.52. The van der Waals surface area contributed by atoms with Gasteiger partial charge in [0.25, 0.3) is 0 Å². The van der Waals surface area contributed by atoms with Crippen LogP contribution in [0.15, 0.2) is 30.7 Å². The minimum Gasteiger partial charge on any atom is -0.368 e. The molecule has 6 heteroatoms. The van der Waals surface area contributed by atoms with Gasteiger partial charge in [-0.1, -0.05) is 12.2 Å². The van der Waals surface area contributed by atoms with Gasteiger partial charge in [-0.3, -0.25) is 9.67 Å². The van der Waals surface area contributed by atoms with Crippen LogP contribution in [0, 0.1) is 36.0 Å². The number of nitrogens with zero attached hydrogens (tertiary/aromatic N) is 5. The molecule has 2 saturated carbocycles. The van der Waals surface area contributed by atoms with Gasteiger partial charge in [0.15, 0.2) is 0 Å². The number of hydrogen-bond acceptors (Lipinski definition) is 5. The molecular weight excluding hydrogens is 384 g/mol. The standard InChI is InChI=1S/C25H34N6/c1-17-22(16-30(2)29-17)23-13-28-24(14-26-23)27-12-21-11-25(21)5-7-31(8-6-25)15-20-10-18-3-4-19(20)9-18/h3-4,13-14,16,18-21H,5-12,15H2,1-2H3,(H,27,28). The summed E-state index contributed by atoms with van der Waals surface area (Å²) in [7, 11) is 1.94. The molecule has 0 radical (unpaired) electrons. The number of aromatic nitrogens is 4. The van der Waals surface area contributed by atoms with E-state index in [1.165, 1.54) is 51.7 Å². The number of hydrogen-bond donors (Lipinski definition) is 1. The Morgan fingerprint density at radius 1 is 1.13 bits per heavy atom. The van der Waals surface area contributed by atoms with E-state index in [0.29, 0.717) is 5.41 Å². The molecule has 6 nitrogen and oxygen atoms in total. The first-order valence-electron chi connectivity index (χ1n) is 12.1. The maximum atomic E-state index is 4.61. The van der Waals surface area contributed by atoms with E-state index in [-0.39, 0.29) is 0 Å². The Kier molecular flexibility index (Phi) is 4.67. The third kappa shape index (κ3) is 3.69. The van der Waals surface area contributed by atoms with Gasteiger partial charge in [0.1, 0.15) is 5.82 Å². The summed E-state index contributed by atoms with van der Waals surface area (Å²) >= 11 is 0. The number of likely N-dealkylation sites (tertiary alicyclic amines) is 1. The van der Waals surface area contributed by atoms with Gasteiger partial charge in [0.2, 0.25) is 0 Å². The smallest absolute Gasteiger partial charge is 0.144 e. The van der Waals surface area contributed by atoms with Gasteiger partial charge < -0.3 is 10.2 Å². The van der Waals surface area contributed by atoms with Crippen molar-refractivity contribution in [2.45, 2.75) is 39.0 Å². The SMILES string of the molecule is Cc1nn(C)cc1-c1cnc(NCC2CC23CCN(CC2CC4C=CC2C4)CC3)cn1. The molecule has 4 aliphatic rings. The van der Waals surface area contributed by atoms with Gasteiger partial charge in [-0.15, -0.1) is 0 Å². The zero-order valence-electron chi connectivity index (χ0n) is 18.8. The maximum Gasteiger partial charge on any atom is 0.144 e. The lowest BCUT2D eigenvalue weighted by Crippen LogP contribution is -2.39. The second-order valence-electron chi connectivity index (χ2n) is 10.6. The Balaban J connectivity index is 0.977. The average Bonchev–Trinajstić information content (AvgIpc) is 3.11. The van der Waals surface area contributed by atoms with Crippen molar-refractivity contribution in [2.24, 2.45) is 36.1 Å². The van der Waals surface area contributed by atoms with E-state index in [0.717, 1.165) is 53.0 Å². The van der Waals surface area contributed by atoms with E-state index in [1.807, 2.05) is 37.2 Å². The molecule has 2 bridgehead atoms. The van der Waals surface area contributed by atoms with Crippen LogP contribution in [0.1, 0.15) is 37.8 Å². The summed E-state index contributed by atoms with van der Waals surface area (Å²) in [6.07, 6.45) is 17.7. The third-order valence-electron chi connectivity index (χ3n) is 8.59. The topological polar surface area (TPSA) is 58.9 Å². The molecule has 164 valence electrons. The zero-order chi connectivity index (χ0) is 21.0. The highest BCUT2D eigenvalue weighted by Crippen LogP contribution is 2.59. The monoisotopic (exact) mass is 418 g/mol. The van der Waals surface area contributed by atoms with Crippen molar-refractivity contribution in [1.29, 1.82) is 0 Å². The summed E-state index contributed by atoms with van der Waals surface area (Å²) < 4.78 is 1.82. The molecule has 3 fully saturated rings. The lowest BCUT2D eigenvalue weighted by atomic mass is 9.88. The summed E-state index contributed by atoms with van der Waals surface area (Å²) in [5.74, 6) is 4.39. The van der Waals surface area contributed by atoms with Crippen LogP contribution in [0.4, 0.5) is 5.82 Å².